The molecule has 5 nitrogen and oxygen atoms in total. The number of rotatable bonds is 8. The maximum Gasteiger partial charge on any atom is 0.160 e. The Morgan fingerprint density at radius 2 is 0.690 bits per heavy atom. The lowest BCUT2D eigenvalue weighted by atomic mass is 9.84. The fourth-order valence-corrected chi connectivity index (χ4v) is 13.3. The van der Waals surface area contributed by atoms with Gasteiger partial charge in [0, 0.05) is 83.3 Å². The molecule has 0 radical (unpaired) electrons. The average molecular weight is 1080 g/mol. The van der Waals surface area contributed by atoms with Crippen molar-refractivity contribution in [1.29, 1.82) is 0 Å². The SMILES string of the molecule is CC1(C)c2cc(-c3cc(-c4ccccc4)nc(-c4ccccc4)n3)ccc2-c2c1n(-c1ccccc1)c1ccccc21.CC1(C)c2ccccc2-c2c1n(-c1ccccc1)c1ccc(-c3cc(-c4ccccc4)nc(-c4ccccc4)c3)cc21. The molecule has 5 heteroatoms. The number of nitrogens with zero attached hydrogens (tertiary/aromatic N) is 5. The molecule has 14 aromatic rings. The topological polar surface area (TPSA) is 48.5 Å². The van der Waals surface area contributed by atoms with Crippen LogP contribution in [0, 0.1) is 0 Å². The summed E-state index contributed by atoms with van der Waals surface area (Å²) >= 11 is 0. The molecule has 0 aliphatic heterocycles. The molecule has 0 unspecified atom stereocenters. The minimum Gasteiger partial charge on any atom is -0.312 e. The zero-order chi connectivity index (χ0) is 56.5. The molecule has 0 saturated carbocycles. The summed E-state index contributed by atoms with van der Waals surface area (Å²) < 4.78 is 4.93. The Morgan fingerprint density at radius 1 is 0.274 bits per heavy atom. The molecule has 2 aliphatic rings. The van der Waals surface area contributed by atoms with E-state index in [4.69, 9.17) is 15.0 Å². The zero-order valence-corrected chi connectivity index (χ0v) is 47.4. The van der Waals surface area contributed by atoms with E-state index < -0.39 is 0 Å². The third kappa shape index (κ3) is 8.42. The second kappa shape index (κ2) is 20.2. The highest BCUT2D eigenvalue weighted by Gasteiger charge is 2.42. The molecule has 16 rings (SSSR count). The van der Waals surface area contributed by atoms with Crippen molar-refractivity contribution in [3.05, 3.63) is 308 Å². The summed E-state index contributed by atoms with van der Waals surface area (Å²) in [5.74, 6) is 0.733. The van der Waals surface area contributed by atoms with Crippen LogP contribution in [0.25, 0.3) is 123 Å². The Labute approximate surface area is 490 Å². The molecule has 0 saturated heterocycles. The summed E-state index contributed by atoms with van der Waals surface area (Å²) in [4.78, 5) is 15.2. The van der Waals surface area contributed by atoms with Crippen LogP contribution in [0.3, 0.4) is 0 Å². The van der Waals surface area contributed by atoms with E-state index in [2.05, 4.69) is 298 Å². The number of fused-ring (bicyclic) bond motifs is 10. The third-order valence-corrected chi connectivity index (χ3v) is 17.3. The average Bonchev–Trinajstić information content (AvgIpc) is 1.63. The van der Waals surface area contributed by atoms with Gasteiger partial charge in [0.05, 0.1) is 33.8 Å². The lowest BCUT2D eigenvalue weighted by molar-refractivity contribution is 0.624. The van der Waals surface area contributed by atoms with Gasteiger partial charge in [0.2, 0.25) is 0 Å². The van der Waals surface area contributed by atoms with Crippen molar-refractivity contribution in [3.63, 3.8) is 0 Å². The first kappa shape index (κ1) is 50.5. The summed E-state index contributed by atoms with van der Waals surface area (Å²) in [7, 11) is 0. The predicted octanol–water partition coefficient (Wildman–Crippen LogP) is 20.1. The van der Waals surface area contributed by atoms with Gasteiger partial charge in [-0.3, -0.25) is 0 Å². The third-order valence-electron chi connectivity index (χ3n) is 17.3. The second-order valence-corrected chi connectivity index (χ2v) is 23.1. The minimum absolute atomic E-state index is 0.126. The molecule has 0 atom stereocenters. The highest BCUT2D eigenvalue weighted by Crippen LogP contribution is 2.56. The molecule has 400 valence electrons. The van der Waals surface area contributed by atoms with Crippen molar-refractivity contribution >= 4 is 21.8 Å². The molecule has 84 heavy (non-hydrogen) atoms. The van der Waals surface area contributed by atoms with Gasteiger partial charge in [-0.2, -0.15) is 0 Å². The standard InChI is InChI=1S/C40H30N2.C39H29N3/c1-40(2)34-21-13-12-20-32(34)38-33-24-29(22-23-37(33)42(39(38)40)31-18-10-5-11-19-31)30-25-35(27-14-6-3-7-15-27)41-36(26-30)28-16-8-4-9-17-28;1-39(2)32-24-28(34-25-33(26-14-6-3-7-15-26)40-38(41-34)27-16-8-4-9-17-27)22-23-30(32)36-31-20-12-13-21-35(31)42(37(36)39)29-18-10-5-11-19-29/h3-26H,1-2H3;3-25H,1-2H3. The van der Waals surface area contributed by atoms with Crippen molar-refractivity contribution in [2.45, 2.75) is 38.5 Å². The second-order valence-electron chi connectivity index (χ2n) is 23.1. The molecule has 10 aromatic carbocycles. The Hall–Kier alpha value is -10.5. The smallest absolute Gasteiger partial charge is 0.160 e. The van der Waals surface area contributed by atoms with Crippen LogP contribution in [0.4, 0.5) is 0 Å². The first-order valence-corrected chi connectivity index (χ1v) is 29.0. The fourth-order valence-electron chi connectivity index (χ4n) is 13.3. The van der Waals surface area contributed by atoms with Gasteiger partial charge in [0.25, 0.3) is 0 Å². The first-order valence-electron chi connectivity index (χ1n) is 29.0. The molecule has 0 bridgehead atoms. The number of hydrogen-bond donors (Lipinski definition) is 0. The summed E-state index contributed by atoms with van der Waals surface area (Å²) in [5.41, 5.74) is 26.8. The van der Waals surface area contributed by atoms with Gasteiger partial charge in [0.15, 0.2) is 5.82 Å². The first-order chi connectivity index (χ1) is 41.2. The lowest BCUT2D eigenvalue weighted by Crippen LogP contribution is -2.20. The van der Waals surface area contributed by atoms with E-state index in [1.807, 2.05) is 24.3 Å². The van der Waals surface area contributed by atoms with Crippen molar-refractivity contribution in [1.82, 2.24) is 24.1 Å². The van der Waals surface area contributed by atoms with Crippen LogP contribution >= 0.6 is 0 Å². The van der Waals surface area contributed by atoms with Crippen LogP contribution in [-0.2, 0) is 10.8 Å². The molecular weight excluding hydrogens is 1020 g/mol. The minimum atomic E-state index is -0.215. The Bertz CT molecular complexity index is 4670. The van der Waals surface area contributed by atoms with E-state index in [0.29, 0.717) is 0 Å². The molecular formula is C79H59N5. The van der Waals surface area contributed by atoms with Crippen molar-refractivity contribution < 1.29 is 0 Å². The van der Waals surface area contributed by atoms with Crippen LogP contribution in [0.1, 0.15) is 50.2 Å². The number of benzene rings is 10. The van der Waals surface area contributed by atoms with Gasteiger partial charge in [-0.15, -0.1) is 0 Å². The van der Waals surface area contributed by atoms with E-state index >= 15 is 0 Å². The monoisotopic (exact) mass is 1080 g/mol. The van der Waals surface area contributed by atoms with Gasteiger partial charge >= 0.3 is 0 Å². The number of pyridine rings is 1. The Morgan fingerprint density at radius 3 is 1.26 bits per heavy atom. The molecule has 4 heterocycles. The molecule has 0 spiro atoms. The number of aromatic nitrogens is 5. The van der Waals surface area contributed by atoms with Crippen molar-refractivity contribution in [2.75, 3.05) is 0 Å². The van der Waals surface area contributed by atoms with Gasteiger partial charge in [-0.1, -0.05) is 246 Å². The maximum absolute atomic E-state index is 5.11. The van der Waals surface area contributed by atoms with Crippen LogP contribution < -0.4 is 0 Å². The predicted molar refractivity (Wildman–Crippen MR) is 348 cm³/mol. The summed E-state index contributed by atoms with van der Waals surface area (Å²) in [6.45, 7) is 9.42. The van der Waals surface area contributed by atoms with Crippen molar-refractivity contribution in [2.24, 2.45) is 0 Å². The number of para-hydroxylation sites is 3. The van der Waals surface area contributed by atoms with Crippen LogP contribution in [-0.4, -0.2) is 24.1 Å². The van der Waals surface area contributed by atoms with Crippen LogP contribution in [0.15, 0.2) is 285 Å². The van der Waals surface area contributed by atoms with Crippen molar-refractivity contribution in [3.8, 4) is 101 Å². The molecule has 2 aliphatic carbocycles. The van der Waals surface area contributed by atoms with E-state index in [1.165, 1.54) is 83.5 Å². The molecule has 0 N–H and O–H groups in total. The van der Waals surface area contributed by atoms with Crippen LogP contribution in [0.2, 0.25) is 0 Å². The van der Waals surface area contributed by atoms with Crippen LogP contribution in [0.5, 0.6) is 0 Å². The molecule has 0 fully saturated rings. The lowest BCUT2D eigenvalue weighted by Gasteiger charge is -2.25. The quantitative estimate of drug-likeness (QED) is 0.152. The molecule has 4 aromatic heterocycles. The maximum atomic E-state index is 5.11. The van der Waals surface area contributed by atoms with Gasteiger partial charge in [-0.05, 0) is 100 Å². The van der Waals surface area contributed by atoms with Gasteiger partial charge in [-0.25, -0.2) is 15.0 Å². The van der Waals surface area contributed by atoms with E-state index in [0.717, 1.165) is 62.0 Å². The normalized spacial score (nSPS) is 13.2. The van der Waals surface area contributed by atoms with E-state index in [1.54, 1.807) is 0 Å². The summed E-state index contributed by atoms with van der Waals surface area (Å²) in [5, 5.41) is 2.57. The van der Waals surface area contributed by atoms with Gasteiger partial charge in [0.1, 0.15) is 0 Å². The largest absolute Gasteiger partial charge is 0.312 e. The summed E-state index contributed by atoms with van der Waals surface area (Å²) in [6, 6.07) is 101. The summed E-state index contributed by atoms with van der Waals surface area (Å²) in [6.07, 6.45) is 0. The Kier molecular flexibility index (Phi) is 12.1. The fraction of sp³-hybridized carbons (Fsp3) is 0.0759. The number of hydrogen-bond acceptors (Lipinski definition) is 3. The zero-order valence-electron chi connectivity index (χ0n) is 47.4. The van der Waals surface area contributed by atoms with E-state index in [9.17, 15) is 0 Å². The van der Waals surface area contributed by atoms with Gasteiger partial charge < -0.3 is 9.13 Å². The highest BCUT2D eigenvalue weighted by molar-refractivity contribution is 6.06. The Balaban J connectivity index is 0.000000143. The van der Waals surface area contributed by atoms with E-state index in [-0.39, 0.29) is 10.8 Å². The molecule has 0 amide bonds. The highest BCUT2D eigenvalue weighted by atomic mass is 15.0.